The molecule has 3 rings (SSSR count). The van der Waals surface area contributed by atoms with Gasteiger partial charge in [-0.15, -0.1) is 11.3 Å². The van der Waals surface area contributed by atoms with Crippen LogP contribution in [-0.4, -0.2) is 15.0 Å². The van der Waals surface area contributed by atoms with Crippen molar-refractivity contribution in [1.82, 2.24) is 14.5 Å². The standard InChI is InChI=1S/C19H19ClFN3O3S/c1-2-3-7-23-18(26)17-15(6-8-28-17)24(19(23)27)11-16(25)22-10-12-4-5-14(21)13(20)9-12/h4-6,8-9H,2-3,7,10-11H2,1H3,(H,22,25). The van der Waals surface area contributed by atoms with Crippen molar-refractivity contribution >= 4 is 39.1 Å². The molecule has 0 saturated heterocycles. The molecule has 2 aromatic heterocycles. The molecule has 0 fully saturated rings. The van der Waals surface area contributed by atoms with Gasteiger partial charge in [-0.2, -0.15) is 0 Å². The van der Waals surface area contributed by atoms with E-state index < -0.39 is 17.4 Å². The number of carbonyl (C=O) groups excluding carboxylic acids is 1. The Morgan fingerprint density at radius 1 is 1.25 bits per heavy atom. The van der Waals surface area contributed by atoms with Gasteiger partial charge in [-0.1, -0.05) is 31.0 Å². The van der Waals surface area contributed by atoms with Gasteiger partial charge >= 0.3 is 5.69 Å². The van der Waals surface area contributed by atoms with E-state index >= 15 is 0 Å². The van der Waals surface area contributed by atoms with Crippen LogP contribution in [0, 0.1) is 5.82 Å². The summed E-state index contributed by atoms with van der Waals surface area (Å²) in [7, 11) is 0. The van der Waals surface area contributed by atoms with Crippen LogP contribution in [-0.2, 0) is 24.4 Å². The Morgan fingerprint density at radius 2 is 2.04 bits per heavy atom. The van der Waals surface area contributed by atoms with Gasteiger partial charge in [0.25, 0.3) is 5.56 Å². The summed E-state index contributed by atoms with van der Waals surface area (Å²) in [6.45, 7) is 2.23. The quantitative estimate of drug-likeness (QED) is 0.634. The summed E-state index contributed by atoms with van der Waals surface area (Å²) in [5.41, 5.74) is 0.277. The Kier molecular flexibility index (Phi) is 6.31. The zero-order chi connectivity index (χ0) is 20.3. The number of nitrogens with zero attached hydrogens (tertiary/aromatic N) is 2. The van der Waals surface area contributed by atoms with Gasteiger partial charge in [-0.3, -0.25) is 18.7 Å². The molecular weight excluding hydrogens is 405 g/mol. The molecular formula is C19H19ClFN3O3S. The number of rotatable bonds is 7. The number of halogens is 2. The first-order valence-electron chi connectivity index (χ1n) is 8.83. The third-order valence-corrected chi connectivity index (χ3v) is 5.53. The highest BCUT2D eigenvalue weighted by atomic mass is 35.5. The van der Waals surface area contributed by atoms with Crippen LogP contribution in [0.1, 0.15) is 25.3 Å². The third kappa shape index (κ3) is 4.18. The number of fused-ring (bicyclic) bond motifs is 1. The van der Waals surface area contributed by atoms with Gasteiger partial charge in [0, 0.05) is 13.1 Å². The number of nitrogens with one attached hydrogen (secondary N) is 1. The van der Waals surface area contributed by atoms with Gasteiger partial charge in [-0.25, -0.2) is 9.18 Å². The zero-order valence-corrected chi connectivity index (χ0v) is 16.8. The maximum Gasteiger partial charge on any atom is 0.332 e. The summed E-state index contributed by atoms with van der Waals surface area (Å²) >= 11 is 6.99. The first kappa shape index (κ1) is 20.3. The van der Waals surface area contributed by atoms with E-state index in [0.717, 1.165) is 6.42 Å². The second-order valence-corrected chi connectivity index (χ2v) is 7.66. The maximum absolute atomic E-state index is 13.2. The number of hydrogen-bond acceptors (Lipinski definition) is 4. The molecule has 148 valence electrons. The van der Waals surface area contributed by atoms with E-state index in [2.05, 4.69) is 5.32 Å². The lowest BCUT2D eigenvalue weighted by Gasteiger charge is -2.12. The SMILES string of the molecule is CCCCn1c(=O)c2sccc2n(CC(=O)NCc2ccc(F)c(Cl)c2)c1=O. The highest BCUT2D eigenvalue weighted by Gasteiger charge is 2.16. The molecule has 0 radical (unpaired) electrons. The topological polar surface area (TPSA) is 73.1 Å². The Hall–Kier alpha value is -2.45. The number of unbranched alkanes of at least 4 members (excludes halogenated alkanes) is 1. The lowest BCUT2D eigenvalue weighted by atomic mass is 10.2. The van der Waals surface area contributed by atoms with E-state index in [9.17, 15) is 18.8 Å². The summed E-state index contributed by atoms with van der Waals surface area (Å²) < 4.78 is 16.2. The van der Waals surface area contributed by atoms with Crippen LogP contribution in [0.3, 0.4) is 0 Å². The van der Waals surface area contributed by atoms with Crippen LogP contribution in [0.4, 0.5) is 4.39 Å². The van der Waals surface area contributed by atoms with Crippen LogP contribution in [0.25, 0.3) is 10.2 Å². The average molecular weight is 424 g/mol. The Balaban J connectivity index is 1.83. The van der Waals surface area contributed by atoms with Crippen molar-refractivity contribution < 1.29 is 9.18 Å². The van der Waals surface area contributed by atoms with E-state index in [1.165, 1.54) is 38.7 Å². The lowest BCUT2D eigenvalue weighted by molar-refractivity contribution is -0.121. The van der Waals surface area contributed by atoms with Gasteiger partial charge < -0.3 is 5.32 Å². The fourth-order valence-electron chi connectivity index (χ4n) is 2.85. The minimum Gasteiger partial charge on any atom is -0.350 e. The van der Waals surface area contributed by atoms with Crippen molar-refractivity contribution in [2.75, 3.05) is 0 Å². The highest BCUT2D eigenvalue weighted by Crippen LogP contribution is 2.16. The smallest absolute Gasteiger partial charge is 0.332 e. The zero-order valence-electron chi connectivity index (χ0n) is 15.2. The molecule has 28 heavy (non-hydrogen) atoms. The minimum absolute atomic E-state index is 0.0223. The first-order chi connectivity index (χ1) is 13.4. The van der Waals surface area contributed by atoms with Crippen molar-refractivity contribution in [3.8, 4) is 0 Å². The molecule has 0 spiro atoms. The highest BCUT2D eigenvalue weighted by molar-refractivity contribution is 7.17. The third-order valence-electron chi connectivity index (χ3n) is 4.35. The fraction of sp³-hybridized carbons (Fsp3) is 0.316. The summed E-state index contributed by atoms with van der Waals surface area (Å²) in [6, 6.07) is 5.86. The second kappa shape index (κ2) is 8.70. The van der Waals surface area contributed by atoms with E-state index in [1.807, 2.05) is 6.92 Å². The van der Waals surface area contributed by atoms with Crippen molar-refractivity contribution in [3.63, 3.8) is 0 Å². The first-order valence-corrected chi connectivity index (χ1v) is 10.1. The van der Waals surface area contributed by atoms with E-state index in [-0.39, 0.29) is 23.7 Å². The minimum atomic E-state index is -0.530. The second-order valence-electron chi connectivity index (χ2n) is 6.34. The van der Waals surface area contributed by atoms with Crippen molar-refractivity contribution in [2.45, 2.75) is 39.4 Å². The molecule has 6 nitrogen and oxygen atoms in total. The largest absolute Gasteiger partial charge is 0.350 e. The molecule has 0 atom stereocenters. The molecule has 0 aliphatic carbocycles. The summed E-state index contributed by atoms with van der Waals surface area (Å²) in [4.78, 5) is 37.7. The van der Waals surface area contributed by atoms with Crippen LogP contribution in [0.15, 0.2) is 39.2 Å². The number of aromatic nitrogens is 2. The van der Waals surface area contributed by atoms with Gasteiger partial charge in [0.15, 0.2) is 0 Å². The summed E-state index contributed by atoms with van der Waals surface area (Å²) in [5, 5.41) is 4.40. The van der Waals surface area contributed by atoms with Crippen LogP contribution in [0.2, 0.25) is 5.02 Å². The van der Waals surface area contributed by atoms with Gasteiger partial charge in [0.1, 0.15) is 17.1 Å². The average Bonchev–Trinajstić information content (AvgIpc) is 3.16. The van der Waals surface area contributed by atoms with E-state index in [0.29, 0.717) is 28.7 Å². The molecule has 1 aromatic carbocycles. The molecule has 2 heterocycles. The number of benzene rings is 1. The van der Waals surface area contributed by atoms with Crippen LogP contribution >= 0.6 is 22.9 Å². The number of carbonyl (C=O) groups is 1. The predicted molar refractivity (Wildman–Crippen MR) is 109 cm³/mol. The van der Waals surface area contributed by atoms with E-state index in [1.54, 1.807) is 11.4 Å². The Morgan fingerprint density at radius 3 is 2.75 bits per heavy atom. The van der Waals surface area contributed by atoms with Crippen molar-refractivity contribution in [3.05, 3.63) is 66.9 Å². The molecule has 9 heteroatoms. The molecule has 3 aromatic rings. The Bertz CT molecular complexity index is 1140. The number of amides is 1. The molecule has 0 bridgehead atoms. The molecule has 0 aliphatic heterocycles. The Labute approximate surface area is 169 Å². The molecule has 0 aliphatic rings. The van der Waals surface area contributed by atoms with E-state index in [4.69, 9.17) is 11.6 Å². The number of hydrogen-bond donors (Lipinski definition) is 1. The van der Waals surface area contributed by atoms with Gasteiger partial charge in [0.05, 0.1) is 10.5 Å². The van der Waals surface area contributed by atoms with Crippen LogP contribution < -0.4 is 16.6 Å². The summed E-state index contributed by atoms with van der Waals surface area (Å²) in [5.74, 6) is -0.923. The van der Waals surface area contributed by atoms with Crippen LogP contribution in [0.5, 0.6) is 0 Å². The monoisotopic (exact) mass is 423 g/mol. The fourth-order valence-corrected chi connectivity index (χ4v) is 3.90. The summed E-state index contributed by atoms with van der Waals surface area (Å²) in [6.07, 6.45) is 1.54. The lowest BCUT2D eigenvalue weighted by Crippen LogP contribution is -2.42. The molecule has 0 saturated carbocycles. The molecule has 1 amide bonds. The molecule has 1 N–H and O–H groups in total. The van der Waals surface area contributed by atoms with Gasteiger partial charge in [0.2, 0.25) is 5.91 Å². The maximum atomic E-state index is 13.2. The van der Waals surface area contributed by atoms with Crippen molar-refractivity contribution in [1.29, 1.82) is 0 Å². The molecule has 0 unspecified atom stereocenters. The number of thiophene rings is 1. The normalized spacial score (nSPS) is 11.1. The predicted octanol–water partition coefficient (Wildman–Crippen LogP) is 3.13. The van der Waals surface area contributed by atoms with Gasteiger partial charge in [-0.05, 0) is 35.6 Å². The van der Waals surface area contributed by atoms with Crippen molar-refractivity contribution in [2.24, 2.45) is 0 Å².